The molecule has 0 amide bonds. The molecule has 2 aromatic carbocycles. The number of hydrogen-bond acceptors (Lipinski definition) is 2. The zero-order valence-electron chi connectivity index (χ0n) is 15.1. The van der Waals surface area contributed by atoms with Gasteiger partial charge in [0.25, 0.3) is 0 Å². The molecule has 2 rings (SSSR count). The van der Waals surface area contributed by atoms with Gasteiger partial charge in [-0.05, 0) is 79.0 Å². The Kier molecular flexibility index (Phi) is 7.12. The van der Waals surface area contributed by atoms with Crippen LogP contribution in [0.1, 0.15) is 43.4 Å². The summed E-state index contributed by atoms with van der Waals surface area (Å²) in [4.78, 5) is 0. The summed E-state index contributed by atoms with van der Waals surface area (Å²) in [7, 11) is 1.56. The fraction of sp³-hybridized carbons (Fsp3) is 0.429. The Bertz CT molecular complexity index is 715. The summed E-state index contributed by atoms with van der Waals surface area (Å²) in [6.45, 7) is 4.27. The highest BCUT2D eigenvalue weighted by atomic mass is 35.5. The number of hydrogen-bond donors (Lipinski definition) is 1. The molecular weight excluding hydrogens is 339 g/mol. The van der Waals surface area contributed by atoms with Crippen molar-refractivity contribution in [1.82, 2.24) is 0 Å². The molecule has 4 heteroatoms. The number of phenols is 1. The summed E-state index contributed by atoms with van der Waals surface area (Å²) >= 11 is 5.93. The summed E-state index contributed by atoms with van der Waals surface area (Å²) in [5.41, 5.74) is 3.34. The van der Waals surface area contributed by atoms with Gasteiger partial charge in [-0.25, -0.2) is 4.39 Å². The highest BCUT2D eigenvalue weighted by Gasteiger charge is 2.10. The van der Waals surface area contributed by atoms with E-state index < -0.39 is 0 Å². The fourth-order valence-corrected chi connectivity index (χ4v) is 3.21. The topological polar surface area (TPSA) is 29.5 Å². The summed E-state index contributed by atoms with van der Waals surface area (Å²) in [5, 5.41) is 9.86. The van der Waals surface area contributed by atoms with Crippen molar-refractivity contribution in [2.45, 2.75) is 46.0 Å². The van der Waals surface area contributed by atoms with Gasteiger partial charge in [-0.2, -0.15) is 0 Å². The highest BCUT2D eigenvalue weighted by Crippen LogP contribution is 2.28. The second-order valence-corrected chi connectivity index (χ2v) is 6.98. The quantitative estimate of drug-likeness (QED) is 0.626. The first-order chi connectivity index (χ1) is 11.9. The van der Waals surface area contributed by atoms with Gasteiger partial charge in [-0.15, -0.1) is 0 Å². The molecule has 0 saturated carbocycles. The van der Waals surface area contributed by atoms with E-state index in [1.807, 2.05) is 19.1 Å². The number of benzene rings is 2. The average Bonchev–Trinajstić information content (AvgIpc) is 2.61. The molecule has 0 aliphatic heterocycles. The second kappa shape index (κ2) is 9.10. The van der Waals surface area contributed by atoms with E-state index in [0.29, 0.717) is 11.7 Å². The number of methoxy groups -OCH3 is 1. The standard InChI is InChI=1S/C21H26ClFO2/c1-4-16-13-19(23)18(22)12-17(16)9-6-14(2)5-7-15-8-10-20(24)21(11-15)25-3/h8,10-14,24H,4-7,9H2,1-3H3/t14-/m1/s1. The van der Waals surface area contributed by atoms with Gasteiger partial charge >= 0.3 is 0 Å². The first-order valence-electron chi connectivity index (χ1n) is 8.77. The fourth-order valence-electron chi connectivity index (χ4n) is 3.03. The Morgan fingerprint density at radius 3 is 2.52 bits per heavy atom. The molecule has 0 unspecified atom stereocenters. The largest absolute Gasteiger partial charge is 0.504 e. The smallest absolute Gasteiger partial charge is 0.160 e. The number of rotatable bonds is 8. The van der Waals surface area contributed by atoms with Crippen molar-refractivity contribution in [3.8, 4) is 11.5 Å². The van der Waals surface area contributed by atoms with E-state index >= 15 is 0 Å². The molecule has 25 heavy (non-hydrogen) atoms. The van der Waals surface area contributed by atoms with E-state index in [1.165, 1.54) is 0 Å². The lowest BCUT2D eigenvalue weighted by atomic mass is 9.92. The number of aromatic hydroxyl groups is 1. The van der Waals surface area contributed by atoms with Gasteiger partial charge in [0.15, 0.2) is 11.5 Å². The molecule has 0 heterocycles. The molecule has 0 aliphatic carbocycles. The number of phenolic OH excluding ortho intramolecular Hbond substituents is 1. The molecule has 0 saturated heterocycles. The molecule has 2 aromatic rings. The summed E-state index contributed by atoms with van der Waals surface area (Å²) in [5.74, 6) is 0.878. The van der Waals surface area contributed by atoms with E-state index in [4.69, 9.17) is 16.3 Å². The second-order valence-electron chi connectivity index (χ2n) is 6.58. The Labute approximate surface area is 154 Å². The van der Waals surface area contributed by atoms with E-state index in [1.54, 1.807) is 25.3 Å². The van der Waals surface area contributed by atoms with Crippen LogP contribution in [0.15, 0.2) is 30.3 Å². The Morgan fingerprint density at radius 2 is 1.84 bits per heavy atom. The van der Waals surface area contributed by atoms with Crippen LogP contribution in [0.5, 0.6) is 11.5 Å². The average molecular weight is 365 g/mol. The zero-order valence-corrected chi connectivity index (χ0v) is 15.9. The Morgan fingerprint density at radius 1 is 1.12 bits per heavy atom. The molecule has 136 valence electrons. The minimum atomic E-state index is -0.336. The van der Waals surface area contributed by atoms with E-state index in [0.717, 1.165) is 48.8 Å². The van der Waals surface area contributed by atoms with Gasteiger partial charge in [0.05, 0.1) is 12.1 Å². The summed E-state index contributed by atoms with van der Waals surface area (Å²) < 4.78 is 18.7. The predicted molar refractivity (Wildman–Crippen MR) is 101 cm³/mol. The maximum atomic E-state index is 13.6. The summed E-state index contributed by atoms with van der Waals surface area (Å²) in [6, 6.07) is 8.82. The molecule has 0 aliphatic rings. The van der Waals surface area contributed by atoms with Crippen LogP contribution in [0.4, 0.5) is 4.39 Å². The van der Waals surface area contributed by atoms with Gasteiger partial charge in [0, 0.05) is 0 Å². The van der Waals surface area contributed by atoms with Gasteiger partial charge in [0.1, 0.15) is 5.82 Å². The third-order valence-electron chi connectivity index (χ3n) is 4.70. The van der Waals surface area contributed by atoms with Crippen molar-refractivity contribution in [3.63, 3.8) is 0 Å². The van der Waals surface area contributed by atoms with E-state index in [-0.39, 0.29) is 16.6 Å². The molecule has 0 radical (unpaired) electrons. The lowest BCUT2D eigenvalue weighted by Gasteiger charge is -2.14. The minimum Gasteiger partial charge on any atom is -0.504 e. The van der Waals surface area contributed by atoms with Gasteiger partial charge < -0.3 is 9.84 Å². The van der Waals surface area contributed by atoms with E-state index in [2.05, 4.69) is 6.92 Å². The molecule has 0 spiro atoms. The Hall–Kier alpha value is -1.74. The first-order valence-corrected chi connectivity index (χ1v) is 9.15. The lowest BCUT2D eigenvalue weighted by molar-refractivity contribution is 0.372. The van der Waals surface area contributed by atoms with Crippen LogP contribution in [0.3, 0.4) is 0 Å². The van der Waals surface area contributed by atoms with Gasteiger partial charge in [0.2, 0.25) is 0 Å². The van der Waals surface area contributed by atoms with Gasteiger partial charge in [-0.3, -0.25) is 0 Å². The van der Waals surface area contributed by atoms with Crippen LogP contribution in [-0.4, -0.2) is 12.2 Å². The molecule has 2 nitrogen and oxygen atoms in total. The van der Waals surface area contributed by atoms with Crippen LogP contribution in [0.2, 0.25) is 5.02 Å². The van der Waals surface area contributed by atoms with Crippen molar-refractivity contribution in [2.75, 3.05) is 7.11 Å². The Balaban J connectivity index is 1.91. The van der Waals surface area contributed by atoms with Crippen molar-refractivity contribution < 1.29 is 14.2 Å². The molecule has 1 atom stereocenters. The monoisotopic (exact) mass is 364 g/mol. The van der Waals surface area contributed by atoms with Gasteiger partial charge in [-0.1, -0.05) is 31.5 Å². The zero-order chi connectivity index (χ0) is 18.4. The van der Waals surface area contributed by atoms with Crippen molar-refractivity contribution in [1.29, 1.82) is 0 Å². The van der Waals surface area contributed by atoms with Crippen LogP contribution in [-0.2, 0) is 19.3 Å². The number of halogens is 2. The SMILES string of the molecule is CCc1cc(F)c(Cl)cc1CC[C@H](C)CCc1ccc(O)c(OC)c1. The summed E-state index contributed by atoms with van der Waals surface area (Å²) in [6.07, 6.45) is 4.73. The van der Waals surface area contributed by atoms with Crippen molar-refractivity contribution in [2.24, 2.45) is 5.92 Å². The van der Waals surface area contributed by atoms with E-state index in [9.17, 15) is 9.50 Å². The third-order valence-corrected chi connectivity index (χ3v) is 4.99. The molecule has 1 N–H and O–H groups in total. The highest BCUT2D eigenvalue weighted by molar-refractivity contribution is 6.30. The third kappa shape index (κ3) is 5.37. The van der Waals surface area contributed by atoms with Crippen LogP contribution < -0.4 is 4.74 Å². The lowest BCUT2D eigenvalue weighted by Crippen LogP contribution is -2.02. The number of ether oxygens (including phenoxy) is 1. The normalized spacial score (nSPS) is 12.2. The van der Waals surface area contributed by atoms with Crippen molar-refractivity contribution >= 4 is 11.6 Å². The van der Waals surface area contributed by atoms with Crippen LogP contribution in [0.25, 0.3) is 0 Å². The van der Waals surface area contributed by atoms with Crippen molar-refractivity contribution in [3.05, 3.63) is 57.9 Å². The van der Waals surface area contributed by atoms with Crippen LogP contribution in [0, 0.1) is 11.7 Å². The van der Waals surface area contributed by atoms with Crippen LogP contribution >= 0.6 is 11.6 Å². The molecule has 0 fully saturated rings. The maximum Gasteiger partial charge on any atom is 0.160 e. The molecular formula is C21H26ClFO2. The first kappa shape index (κ1) is 19.6. The maximum absolute atomic E-state index is 13.6. The predicted octanol–water partition coefficient (Wildman–Crippen LogP) is 5.96. The number of aryl methyl sites for hydroxylation is 3. The molecule has 0 bridgehead atoms. The minimum absolute atomic E-state index is 0.166. The molecule has 0 aromatic heterocycles.